The zero-order valence-corrected chi connectivity index (χ0v) is 32.0. The Morgan fingerprint density at radius 1 is 0.255 bits per heavy atom. The Bertz CT molecular complexity index is 3300. The molecule has 10 aromatic rings. The van der Waals surface area contributed by atoms with E-state index in [9.17, 15) is 0 Å². The molecule has 0 atom stereocenters. The van der Waals surface area contributed by atoms with Gasteiger partial charge in [0.05, 0.1) is 49.7 Å². The minimum atomic E-state index is 1.22. The van der Waals surface area contributed by atoms with E-state index in [0.29, 0.717) is 0 Å². The molecule has 0 amide bonds. The van der Waals surface area contributed by atoms with Crippen molar-refractivity contribution >= 4 is 82.0 Å². The van der Waals surface area contributed by atoms with E-state index in [1.54, 1.807) is 0 Å². The first kappa shape index (κ1) is 30.5. The molecule has 0 fully saturated rings. The van der Waals surface area contributed by atoms with Gasteiger partial charge in [0.1, 0.15) is 0 Å². The van der Waals surface area contributed by atoms with Gasteiger partial charge in [-0.15, -0.1) is 0 Å². The Kier molecular flexibility index (Phi) is 5.83. The zero-order chi connectivity index (χ0) is 35.7. The summed E-state index contributed by atoms with van der Waals surface area (Å²) in [6.07, 6.45) is 0. The van der Waals surface area contributed by atoms with Crippen LogP contribution in [0, 0.1) is 83.1 Å². The largest absolute Gasteiger partial charge is 0.305 e. The second-order valence-electron chi connectivity index (χ2n) is 15.7. The third kappa shape index (κ3) is 3.32. The third-order valence-electron chi connectivity index (χ3n) is 13.9. The van der Waals surface area contributed by atoms with Crippen LogP contribution in [0.15, 0.2) is 54.6 Å². The first-order valence-corrected chi connectivity index (χ1v) is 18.5. The standard InChI is InChI=1S/C48H45N3/c1-22-25(4)31(10)43-40(28(22)7)34-16-15-19-39-46(34)49(43)37-17-13-14-18-38(37)50-44-32(11)26(5)23(2)29(8)41(44)35-20-21-36-42-30(9)24(3)27(6)33(12)45(42)51(39)48(36)47(35)50/h13-21H,1-12H3. The van der Waals surface area contributed by atoms with Crippen LogP contribution in [0.3, 0.4) is 0 Å². The molecule has 51 heavy (non-hydrogen) atoms. The van der Waals surface area contributed by atoms with E-state index >= 15 is 0 Å². The molecule has 0 unspecified atom stereocenters. The summed E-state index contributed by atoms with van der Waals surface area (Å²) >= 11 is 0. The molecule has 6 aromatic carbocycles. The van der Waals surface area contributed by atoms with Crippen molar-refractivity contribution < 1.29 is 0 Å². The molecule has 10 rings (SSSR count). The van der Waals surface area contributed by atoms with Crippen molar-refractivity contribution in [3.05, 3.63) is 121 Å². The molecule has 0 N–H and O–H groups in total. The number of aryl methyl sites for hydroxylation is 6. The van der Waals surface area contributed by atoms with E-state index in [4.69, 9.17) is 0 Å². The summed E-state index contributed by atoms with van der Waals surface area (Å²) in [5, 5.41) is 8.08. The molecular weight excluding hydrogens is 619 g/mol. The molecule has 0 aliphatic rings. The van der Waals surface area contributed by atoms with E-state index in [1.807, 2.05) is 0 Å². The quantitative estimate of drug-likeness (QED) is 0.153. The second-order valence-corrected chi connectivity index (χ2v) is 15.7. The lowest BCUT2D eigenvalue weighted by molar-refractivity contribution is 1.21. The number of rotatable bonds is 0. The molecular formula is C48H45N3. The van der Waals surface area contributed by atoms with Crippen molar-refractivity contribution in [3.8, 4) is 0 Å². The summed E-state index contributed by atoms with van der Waals surface area (Å²) in [6.45, 7) is 27.9. The number of benzene rings is 6. The fraction of sp³-hybridized carbons (Fsp3) is 0.250. The van der Waals surface area contributed by atoms with Gasteiger partial charge in [-0.05, 0) is 168 Å². The van der Waals surface area contributed by atoms with Crippen molar-refractivity contribution in [1.29, 1.82) is 0 Å². The van der Waals surface area contributed by atoms with Crippen LogP contribution in [0.4, 0.5) is 0 Å². The molecule has 0 saturated carbocycles. The van der Waals surface area contributed by atoms with Crippen LogP contribution in [0.2, 0.25) is 0 Å². The minimum absolute atomic E-state index is 1.22. The molecule has 0 aliphatic heterocycles. The van der Waals surface area contributed by atoms with Crippen LogP contribution in [0.25, 0.3) is 82.0 Å². The second kappa shape index (κ2) is 9.73. The molecule has 3 heteroatoms. The Hall–Kier alpha value is -5.28. The summed E-state index contributed by atoms with van der Waals surface area (Å²) in [6, 6.07) is 21.1. The minimum Gasteiger partial charge on any atom is -0.305 e. The van der Waals surface area contributed by atoms with Crippen LogP contribution in [-0.4, -0.2) is 13.2 Å². The Balaban J connectivity index is 1.77. The third-order valence-corrected chi connectivity index (χ3v) is 13.9. The molecule has 0 radical (unpaired) electrons. The lowest BCUT2D eigenvalue weighted by atomic mass is 9.93. The van der Waals surface area contributed by atoms with Crippen molar-refractivity contribution in [2.45, 2.75) is 83.1 Å². The lowest BCUT2D eigenvalue weighted by Gasteiger charge is -2.14. The van der Waals surface area contributed by atoms with E-state index in [0.717, 1.165) is 0 Å². The predicted molar refractivity (Wildman–Crippen MR) is 221 cm³/mol. The Labute approximate surface area is 298 Å². The molecule has 4 aromatic heterocycles. The summed E-state index contributed by atoms with van der Waals surface area (Å²) in [7, 11) is 0. The van der Waals surface area contributed by atoms with Crippen LogP contribution in [0.1, 0.15) is 66.8 Å². The summed E-state index contributed by atoms with van der Waals surface area (Å²) in [5.74, 6) is 0. The van der Waals surface area contributed by atoms with Gasteiger partial charge >= 0.3 is 0 Å². The number of aromatic nitrogens is 3. The molecule has 0 bridgehead atoms. The van der Waals surface area contributed by atoms with E-state index in [2.05, 4.69) is 151 Å². The average Bonchev–Trinajstić information content (AvgIpc) is 3.79. The topological polar surface area (TPSA) is 13.2 Å². The van der Waals surface area contributed by atoms with Gasteiger partial charge in [-0.1, -0.05) is 36.4 Å². The average molecular weight is 664 g/mol. The Morgan fingerprint density at radius 2 is 0.569 bits per heavy atom. The van der Waals surface area contributed by atoms with Gasteiger partial charge < -0.3 is 13.2 Å². The first-order valence-electron chi connectivity index (χ1n) is 18.5. The summed E-state index contributed by atoms with van der Waals surface area (Å²) in [4.78, 5) is 0. The summed E-state index contributed by atoms with van der Waals surface area (Å²) < 4.78 is 7.97. The molecule has 0 aliphatic carbocycles. The van der Waals surface area contributed by atoms with Gasteiger partial charge in [-0.2, -0.15) is 0 Å². The van der Waals surface area contributed by atoms with E-state index in [1.165, 1.54) is 149 Å². The van der Waals surface area contributed by atoms with Crippen LogP contribution in [-0.2, 0) is 0 Å². The van der Waals surface area contributed by atoms with Gasteiger partial charge in [0.15, 0.2) is 0 Å². The normalized spacial score (nSPS) is 12.7. The highest BCUT2D eigenvalue weighted by molar-refractivity contribution is 6.27. The SMILES string of the molecule is Cc1c(C)c(C)c2c(c1C)c1cccc3c1n2c1ccccc1n1c2c(C)c(C)c(C)c(C)c2c2ccc4c5c(C)c(C)c(C)c(C)c5n3c4c21. The highest BCUT2D eigenvalue weighted by Crippen LogP contribution is 2.47. The fourth-order valence-electron chi connectivity index (χ4n) is 10.2. The molecule has 0 spiro atoms. The van der Waals surface area contributed by atoms with Gasteiger partial charge in [0.2, 0.25) is 0 Å². The summed E-state index contributed by atoms with van der Waals surface area (Å²) in [5.41, 5.74) is 28.0. The highest BCUT2D eigenvalue weighted by Gasteiger charge is 2.27. The number of hydrogen-bond donors (Lipinski definition) is 0. The number of nitrogens with zero attached hydrogens (tertiary/aromatic N) is 3. The first-order chi connectivity index (χ1) is 24.4. The van der Waals surface area contributed by atoms with Crippen molar-refractivity contribution in [2.24, 2.45) is 0 Å². The van der Waals surface area contributed by atoms with Gasteiger partial charge in [-0.25, -0.2) is 0 Å². The predicted octanol–water partition coefficient (Wildman–Crippen LogP) is 13.1. The van der Waals surface area contributed by atoms with E-state index < -0.39 is 0 Å². The van der Waals surface area contributed by atoms with Gasteiger partial charge in [0, 0.05) is 32.3 Å². The van der Waals surface area contributed by atoms with Crippen LogP contribution < -0.4 is 0 Å². The smallest absolute Gasteiger partial charge is 0.0789 e. The monoisotopic (exact) mass is 663 g/mol. The number of para-hydroxylation sites is 3. The zero-order valence-electron chi connectivity index (χ0n) is 32.0. The number of hydrogen-bond acceptors (Lipinski definition) is 0. The van der Waals surface area contributed by atoms with E-state index in [-0.39, 0.29) is 0 Å². The van der Waals surface area contributed by atoms with Crippen molar-refractivity contribution in [2.75, 3.05) is 0 Å². The molecule has 4 heterocycles. The van der Waals surface area contributed by atoms with Gasteiger partial charge in [-0.3, -0.25) is 0 Å². The van der Waals surface area contributed by atoms with Crippen molar-refractivity contribution in [3.63, 3.8) is 0 Å². The molecule has 0 saturated heterocycles. The van der Waals surface area contributed by atoms with Gasteiger partial charge in [0.25, 0.3) is 0 Å². The molecule has 252 valence electrons. The Morgan fingerprint density at radius 3 is 0.980 bits per heavy atom. The maximum atomic E-state index is 2.68. The number of fused-ring (bicyclic) bond motifs is 13. The molecule has 3 nitrogen and oxygen atoms in total. The van der Waals surface area contributed by atoms with Crippen LogP contribution in [0.5, 0.6) is 0 Å². The van der Waals surface area contributed by atoms with Crippen LogP contribution >= 0.6 is 0 Å². The van der Waals surface area contributed by atoms with Crippen molar-refractivity contribution in [1.82, 2.24) is 13.2 Å². The highest BCUT2D eigenvalue weighted by atomic mass is 15.0. The lowest BCUT2D eigenvalue weighted by Crippen LogP contribution is -1.98. The fourth-order valence-corrected chi connectivity index (χ4v) is 10.2. The maximum Gasteiger partial charge on any atom is 0.0789 e. The maximum absolute atomic E-state index is 2.68.